The predicted molar refractivity (Wildman–Crippen MR) is 82.9 cm³/mol. The van der Waals surface area contributed by atoms with Crippen LogP contribution in [0.5, 0.6) is 0 Å². The normalized spacial score (nSPS) is 18.8. The van der Waals surface area contributed by atoms with Gasteiger partial charge in [0.05, 0.1) is 0 Å². The minimum absolute atomic E-state index is 0.519. The van der Waals surface area contributed by atoms with Crippen LogP contribution in [-0.2, 0) is 12.8 Å². The Labute approximate surface area is 121 Å². The van der Waals surface area contributed by atoms with Crippen LogP contribution in [0.1, 0.15) is 36.0 Å². The van der Waals surface area contributed by atoms with Crippen molar-refractivity contribution >= 4 is 0 Å². The highest BCUT2D eigenvalue weighted by Crippen LogP contribution is 2.36. The molecule has 0 amide bonds. The van der Waals surface area contributed by atoms with E-state index < -0.39 is 0 Å². The SMILES string of the molecule is CCNC(Cc1ccncc1)C1CCc2ccccc21. The number of rotatable bonds is 5. The van der Waals surface area contributed by atoms with Crippen LogP contribution in [0.4, 0.5) is 0 Å². The van der Waals surface area contributed by atoms with Crippen molar-refractivity contribution in [1.29, 1.82) is 0 Å². The molecule has 2 aromatic rings. The molecule has 2 nitrogen and oxygen atoms in total. The molecule has 2 unspecified atom stereocenters. The fourth-order valence-corrected chi connectivity index (χ4v) is 3.40. The molecule has 1 aliphatic rings. The van der Waals surface area contributed by atoms with Gasteiger partial charge in [0.15, 0.2) is 0 Å². The Morgan fingerprint density at radius 2 is 2.00 bits per heavy atom. The zero-order valence-electron chi connectivity index (χ0n) is 12.0. The van der Waals surface area contributed by atoms with Crippen molar-refractivity contribution in [3.8, 4) is 0 Å². The summed E-state index contributed by atoms with van der Waals surface area (Å²) in [5.41, 5.74) is 4.46. The summed E-state index contributed by atoms with van der Waals surface area (Å²) >= 11 is 0. The fraction of sp³-hybridized carbons (Fsp3) is 0.389. The van der Waals surface area contributed by atoms with E-state index in [0.29, 0.717) is 12.0 Å². The molecule has 1 aromatic carbocycles. The molecule has 0 radical (unpaired) electrons. The molecule has 1 N–H and O–H groups in total. The van der Waals surface area contributed by atoms with Crippen molar-refractivity contribution < 1.29 is 0 Å². The lowest BCUT2D eigenvalue weighted by molar-refractivity contribution is 0.435. The van der Waals surface area contributed by atoms with Gasteiger partial charge in [0, 0.05) is 24.4 Å². The van der Waals surface area contributed by atoms with Crippen molar-refractivity contribution in [3.05, 3.63) is 65.5 Å². The van der Waals surface area contributed by atoms with E-state index in [1.807, 2.05) is 12.4 Å². The highest BCUT2D eigenvalue weighted by atomic mass is 14.9. The van der Waals surface area contributed by atoms with Crippen LogP contribution in [0, 0.1) is 0 Å². The average molecular weight is 266 g/mol. The standard InChI is InChI=1S/C18H22N2/c1-2-20-18(13-14-9-11-19-12-10-14)17-8-7-15-5-3-4-6-16(15)17/h3-6,9-12,17-18,20H,2,7-8,13H2,1H3. The Kier molecular flexibility index (Phi) is 4.12. The van der Waals surface area contributed by atoms with Gasteiger partial charge in [-0.25, -0.2) is 0 Å². The molecule has 104 valence electrons. The van der Waals surface area contributed by atoms with Crippen LogP contribution in [0.3, 0.4) is 0 Å². The van der Waals surface area contributed by atoms with Crippen molar-refractivity contribution in [2.45, 2.75) is 38.1 Å². The van der Waals surface area contributed by atoms with Gasteiger partial charge >= 0.3 is 0 Å². The maximum absolute atomic E-state index is 4.11. The highest BCUT2D eigenvalue weighted by molar-refractivity contribution is 5.36. The van der Waals surface area contributed by atoms with E-state index >= 15 is 0 Å². The monoisotopic (exact) mass is 266 g/mol. The predicted octanol–water partition coefficient (Wildman–Crippen LogP) is 3.33. The third-order valence-electron chi connectivity index (χ3n) is 4.34. The molecule has 3 rings (SSSR count). The molecule has 0 spiro atoms. The lowest BCUT2D eigenvalue weighted by Crippen LogP contribution is -2.36. The number of fused-ring (bicyclic) bond motifs is 1. The summed E-state index contributed by atoms with van der Waals surface area (Å²) in [5, 5.41) is 3.69. The average Bonchev–Trinajstić information content (AvgIpc) is 2.92. The number of hydrogen-bond donors (Lipinski definition) is 1. The number of nitrogens with one attached hydrogen (secondary N) is 1. The van der Waals surface area contributed by atoms with Gasteiger partial charge in [-0.2, -0.15) is 0 Å². The molecule has 0 fully saturated rings. The van der Waals surface area contributed by atoms with E-state index in [2.05, 4.69) is 53.6 Å². The van der Waals surface area contributed by atoms with Crippen molar-refractivity contribution in [3.63, 3.8) is 0 Å². The number of pyridine rings is 1. The summed E-state index contributed by atoms with van der Waals surface area (Å²) in [4.78, 5) is 4.11. The van der Waals surface area contributed by atoms with Crippen LogP contribution in [0.2, 0.25) is 0 Å². The molecule has 1 aliphatic carbocycles. The van der Waals surface area contributed by atoms with Crippen molar-refractivity contribution in [2.24, 2.45) is 0 Å². The molecule has 0 saturated heterocycles. The molecule has 0 bridgehead atoms. The lowest BCUT2D eigenvalue weighted by atomic mass is 9.89. The van der Waals surface area contributed by atoms with Crippen molar-refractivity contribution in [1.82, 2.24) is 10.3 Å². The molecule has 1 heterocycles. The van der Waals surface area contributed by atoms with E-state index in [4.69, 9.17) is 0 Å². The second-order valence-electron chi connectivity index (χ2n) is 5.57. The lowest BCUT2D eigenvalue weighted by Gasteiger charge is -2.25. The largest absolute Gasteiger partial charge is 0.313 e. The number of nitrogens with zero attached hydrogens (tertiary/aromatic N) is 1. The van der Waals surface area contributed by atoms with Gasteiger partial charge in [-0.15, -0.1) is 0 Å². The molecular formula is C18H22N2. The quantitative estimate of drug-likeness (QED) is 0.898. The van der Waals surface area contributed by atoms with Gasteiger partial charge in [0.1, 0.15) is 0 Å². The first-order valence-corrected chi connectivity index (χ1v) is 7.58. The molecular weight excluding hydrogens is 244 g/mol. The summed E-state index contributed by atoms with van der Waals surface area (Å²) in [6, 6.07) is 13.7. The highest BCUT2D eigenvalue weighted by Gasteiger charge is 2.28. The summed E-state index contributed by atoms with van der Waals surface area (Å²) in [5.74, 6) is 0.638. The summed E-state index contributed by atoms with van der Waals surface area (Å²) in [6.45, 7) is 3.22. The topological polar surface area (TPSA) is 24.9 Å². The summed E-state index contributed by atoms with van der Waals surface area (Å²) in [7, 11) is 0. The van der Waals surface area contributed by atoms with Gasteiger partial charge in [-0.3, -0.25) is 4.98 Å². The van der Waals surface area contributed by atoms with E-state index in [0.717, 1.165) is 13.0 Å². The Balaban J connectivity index is 1.81. The Morgan fingerprint density at radius 3 is 2.80 bits per heavy atom. The third kappa shape index (κ3) is 2.75. The van der Waals surface area contributed by atoms with Crippen LogP contribution >= 0.6 is 0 Å². The Bertz CT molecular complexity index is 550. The van der Waals surface area contributed by atoms with E-state index in [1.54, 1.807) is 5.56 Å². The van der Waals surface area contributed by atoms with Gasteiger partial charge in [-0.1, -0.05) is 31.2 Å². The maximum atomic E-state index is 4.11. The molecule has 0 aliphatic heterocycles. The van der Waals surface area contributed by atoms with Gasteiger partial charge < -0.3 is 5.32 Å². The van der Waals surface area contributed by atoms with Crippen LogP contribution < -0.4 is 5.32 Å². The van der Waals surface area contributed by atoms with E-state index in [-0.39, 0.29) is 0 Å². The minimum Gasteiger partial charge on any atom is -0.313 e. The number of aryl methyl sites for hydroxylation is 1. The van der Waals surface area contributed by atoms with Gasteiger partial charge in [0.25, 0.3) is 0 Å². The molecule has 1 aromatic heterocycles. The minimum atomic E-state index is 0.519. The number of hydrogen-bond acceptors (Lipinski definition) is 2. The van der Waals surface area contributed by atoms with Crippen LogP contribution in [-0.4, -0.2) is 17.6 Å². The maximum Gasteiger partial charge on any atom is 0.0270 e. The smallest absolute Gasteiger partial charge is 0.0270 e. The zero-order valence-corrected chi connectivity index (χ0v) is 12.0. The van der Waals surface area contributed by atoms with Crippen LogP contribution in [0.25, 0.3) is 0 Å². The Morgan fingerprint density at radius 1 is 1.20 bits per heavy atom. The number of likely N-dealkylation sites (N-methyl/N-ethyl adjacent to an activating group) is 1. The van der Waals surface area contributed by atoms with Gasteiger partial charge in [0.2, 0.25) is 0 Å². The van der Waals surface area contributed by atoms with E-state index in [1.165, 1.54) is 24.0 Å². The Hall–Kier alpha value is -1.67. The first-order chi connectivity index (χ1) is 9.88. The van der Waals surface area contributed by atoms with Crippen molar-refractivity contribution in [2.75, 3.05) is 6.54 Å². The molecule has 2 heteroatoms. The molecule has 0 saturated carbocycles. The first kappa shape index (κ1) is 13.3. The second kappa shape index (κ2) is 6.19. The van der Waals surface area contributed by atoms with Crippen LogP contribution in [0.15, 0.2) is 48.8 Å². The third-order valence-corrected chi connectivity index (χ3v) is 4.34. The fourth-order valence-electron chi connectivity index (χ4n) is 3.40. The molecule has 2 atom stereocenters. The van der Waals surface area contributed by atoms with Gasteiger partial charge in [-0.05, 0) is 54.6 Å². The summed E-state index contributed by atoms with van der Waals surface area (Å²) < 4.78 is 0. The second-order valence-corrected chi connectivity index (χ2v) is 5.57. The van der Waals surface area contributed by atoms with E-state index in [9.17, 15) is 0 Å². The zero-order chi connectivity index (χ0) is 13.8. The first-order valence-electron chi connectivity index (χ1n) is 7.58. The summed E-state index contributed by atoms with van der Waals surface area (Å²) in [6.07, 6.45) is 7.35. The number of benzene rings is 1. The molecule has 20 heavy (non-hydrogen) atoms. The number of aromatic nitrogens is 1.